The summed E-state index contributed by atoms with van der Waals surface area (Å²) in [4.78, 5) is 20.0. The second-order valence-electron chi connectivity index (χ2n) is 6.74. The van der Waals surface area contributed by atoms with Crippen molar-refractivity contribution in [3.05, 3.63) is 69.5 Å². The zero-order valence-corrected chi connectivity index (χ0v) is 16.6. The van der Waals surface area contributed by atoms with Crippen molar-refractivity contribution in [3.8, 4) is 0 Å². The number of aryl methyl sites for hydroxylation is 1. The summed E-state index contributed by atoms with van der Waals surface area (Å²) in [6, 6.07) is 11.7. The van der Waals surface area contributed by atoms with E-state index < -0.39 is 0 Å². The highest BCUT2D eigenvalue weighted by Gasteiger charge is 2.17. The van der Waals surface area contributed by atoms with Gasteiger partial charge in [-0.3, -0.25) is 0 Å². The van der Waals surface area contributed by atoms with Gasteiger partial charge >= 0.3 is 6.03 Å². The molecule has 1 N–H and O–H groups in total. The first-order valence-electron chi connectivity index (χ1n) is 8.94. The van der Waals surface area contributed by atoms with Crippen LogP contribution in [0.2, 0.25) is 0 Å². The number of hydrogen-bond acceptors (Lipinski definition) is 5. The van der Waals surface area contributed by atoms with Gasteiger partial charge in [-0.15, -0.1) is 11.3 Å². The molecule has 0 aliphatic carbocycles. The first kappa shape index (κ1) is 19.1. The van der Waals surface area contributed by atoms with Crippen LogP contribution in [0.25, 0.3) is 0 Å². The molecule has 0 atom stereocenters. The number of urea groups is 1. The molecule has 3 aromatic rings. The minimum atomic E-state index is -0.138. The van der Waals surface area contributed by atoms with Gasteiger partial charge in [-0.1, -0.05) is 49.3 Å². The maximum atomic E-state index is 12.8. The van der Waals surface area contributed by atoms with Crippen molar-refractivity contribution >= 4 is 17.4 Å². The summed E-state index contributed by atoms with van der Waals surface area (Å²) in [5.74, 6) is 1.09. The van der Waals surface area contributed by atoms with Gasteiger partial charge in [0.1, 0.15) is 11.5 Å². The molecule has 7 heteroatoms. The SMILES string of the molecule is Cc1ncsc1CN(Cc1ccccc1)C(=O)NCc1cc(C(C)C)on1. The molecule has 0 spiro atoms. The van der Waals surface area contributed by atoms with Crippen LogP contribution in [-0.2, 0) is 19.6 Å². The molecule has 0 aliphatic heterocycles. The van der Waals surface area contributed by atoms with Gasteiger partial charge in [0.05, 0.1) is 24.3 Å². The second-order valence-corrected chi connectivity index (χ2v) is 7.68. The van der Waals surface area contributed by atoms with Crippen molar-refractivity contribution in [3.63, 3.8) is 0 Å². The third-order valence-corrected chi connectivity index (χ3v) is 5.17. The summed E-state index contributed by atoms with van der Waals surface area (Å²) in [7, 11) is 0. The van der Waals surface area contributed by atoms with Crippen LogP contribution in [0.4, 0.5) is 4.79 Å². The molecule has 2 heterocycles. The Morgan fingerprint density at radius 2 is 2.04 bits per heavy atom. The van der Waals surface area contributed by atoms with Crippen molar-refractivity contribution in [2.45, 2.75) is 46.3 Å². The Morgan fingerprint density at radius 3 is 2.67 bits per heavy atom. The lowest BCUT2D eigenvalue weighted by atomic mass is 10.1. The minimum absolute atomic E-state index is 0.138. The van der Waals surface area contributed by atoms with Gasteiger partial charge in [-0.25, -0.2) is 9.78 Å². The number of hydrogen-bond donors (Lipinski definition) is 1. The average Bonchev–Trinajstić information content (AvgIpc) is 3.29. The van der Waals surface area contributed by atoms with Gasteiger partial charge in [0.25, 0.3) is 0 Å². The third kappa shape index (κ3) is 5.17. The van der Waals surface area contributed by atoms with E-state index in [-0.39, 0.29) is 11.9 Å². The van der Waals surface area contributed by atoms with E-state index >= 15 is 0 Å². The van der Waals surface area contributed by atoms with E-state index in [1.165, 1.54) is 0 Å². The number of nitrogens with zero attached hydrogens (tertiary/aromatic N) is 3. The van der Waals surface area contributed by atoms with Crippen LogP contribution < -0.4 is 5.32 Å². The normalized spacial score (nSPS) is 11.0. The van der Waals surface area contributed by atoms with E-state index in [1.807, 2.05) is 62.7 Å². The predicted molar refractivity (Wildman–Crippen MR) is 105 cm³/mol. The average molecular weight is 385 g/mol. The van der Waals surface area contributed by atoms with Gasteiger partial charge < -0.3 is 14.7 Å². The van der Waals surface area contributed by atoms with Crippen molar-refractivity contribution in [2.24, 2.45) is 0 Å². The third-order valence-electron chi connectivity index (χ3n) is 4.25. The largest absolute Gasteiger partial charge is 0.361 e. The lowest BCUT2D eigenvalue weighted by molar-refractivity contribution is 0.192. The number of amides is 2. The lowest BCUT2D eigenvalue weighted by Gasteiger charge is -2.22. The van der Waals surface area contributed by atoms with Crippen LogP contribution >= 0.6 is 11.3 Å². The van der Waals surface area contributed by atoms with E-state index in [0.717, 1.165) is 27.6 Å². The van der Waals surface area contributed by atoms with Gasteiger partial charge in [-0.05, 0) is 12.5 Å². The predicted octanol–water partition coefficient (Wildman–Crippen LogP) is 4.47. The van der Waals surface area contributed by atoms with Gasteiger partial charge in [0.2, 0.25) is 0 Å². The fraction of sp³-hybridized carbons (Fsp3) is 0.350. The van der Waals surface area contributed by atoms with Crippen molar-refractivity contribution in [1.82, 2.24) is 20.4 Å². The molecule has 2 amide bonds. The molecule has 0 bridgehead atoms. The van der Waals surface area contributed by atoms with E-state index in [0.29, 0.717) is 19.6 Å². The zero-order chi connectivity index (χ0) is 19.2. The highest BCUT2D eigenvalue weighted by molar-refractivity contribution is 7.09. The summed E-state index contributed by atoms with van der Waals surface area (Å²) in [6.07, 6.45) is 0. The summed E-state index contributed by atoms with van der Waals surface area (Å²) in [5.41, 5.74) is 4.58. The van der Waals surface area contributed by atoms with Gasteiger partial charge in [0.15, 0.2) is 0 Å². The number of nitrogens with one attached hydrogen (secondary N) is 1. The maximum absolute atomic E-state index is 12.8. The summed E-state index contributed by atoms with van der Waals surface area (Å²) in [6.45, 7) is 7.44. The molecule has 0 aliphatic rings. The molecular weight excluding hydrogens is 360 g/mol. The quantitative estimate of drug-likeness (QED) is 0.652. The standard InChI is InChI=1S/C20H24N4O2S/c1-14(2)18-9-17(23-26-18)10-21-20(25)24(11-16-7-5-4-6-8-16)12-19-15(3)22-13-27-19/h4-9,13-14H,10-12H2,1-3H3,(H,21,25). The summed E-state index contributed by atoms with van der Waals surface area (Å²) < 4.78 is 5.29. The number of rotatable bonds is 7. The Morgan fingerprint density at radius 1 is 1.26 bits per heavy atom. The molecule has 0 saturated heterocycles. The second kappa shape index (κ2) is 8.81. The van der Waals surface area contributed by atoms with E-state index in [1.54, 1.807) is 16.2 Å². The first-order chi connectivity index (χ1) is 13.0. The van der Waals surface area contributed by atoms with Crippen LogP contribution in [0.5, 0.6) is 0 Å². The Hall–Kier alpha value is -2.67. The lowest BCUT2D eigenvalue weighted by Crippen LogP contribution is -2.38. The Bertz CT molecular complexity index is 873. The molecule has 0 fully saturated rings. The molecule has 6 nitrogen and oxygen atoms in total. The number of thiazole rings is 1. The van der Waals surface area contributed by atoms with Crippen molar-refractivity contribution in [1.29, 1.82) is 0 Å². The van der Waals surface area contributed by atoms with E-state index in [4.69, 9.17) is 4.52 Å². The summed E-state index contributed by atoms with van der Waals surface area (Å²) >= 11 is 1.57. The minimum Gasteiger partial charge on any atom is -0.361 e. The molecular formula is C20H24N4O2S. The maximum Gasteiger partial charge on any atom is 0.318 e. The van der Waals surface area contributed by atoms with Crippen LogP contribution in [-0.4, -0.2) is 21.1 Å². The Balaban J connectivity index is 1.68. The summed E-state index contributed by atoms with van der Waals surface area (Å²) in [5, 5.41) is 6.98. The smallest absolute Gasteiger partial charge is 0.318 e. The Kier molecular flexibility index (Phi) is 6.24. The molecule has 0 unspecified atom stereocenters. The van der Waals surface area contributed by atoms with Crippen LogP contribution in [0, 0.1) is 6.92 Å². The van der Waals surface area contributed by atoms with Crippen molar-refractivity contribution in [2.75, 3.05) is 0 Å². The fourth-order valence-corrected chi connectivity index (χ4v) is 3.41. The number of carbonyl (C=O) groups excluding carboxylic acids is 1. The number of aromatic nitrogens is 2. The zero-order valence-electron chi connectivity index (χ0n) is 15.8. The molecule has 142 valence electrons. The molecule has 27 heavy (non-hydrogen) atoms. The fourth-order valence-electron chi connectivity index (χ4n) is 2.62. The number of benzene rings is 1. The van der Waals surface area contributed by atoms with E-state index in [2.05, 4.69) is 15.5 Å². The van der Waals surface area contributed by atoms with Crippen LogP contribution in [0.1, 0.15) is 47.4 Å². The van der Waals surface area contributed by atoms with Crippen molar-refractivity contribution < 1.29 is 9.32 Å². The van der Waals surface area contributed by atoms with Crippen LogP contribution in [0.3, 0.4) is 0 Å². The number of carbonyl (C=O) groups is 1. The van der Waals surface area contributed by atoms with Crippen LogP contribution in [0.15, 0.2) is 46.4 Å². The highest BCUT2D eigenvalue weighted by atomic mass is 32.1. The molecule has 1 aromatic carbocycles. The monoisotopic (exact) mass is 384 g/mol. The topological polar surface area (TPSA) is 71.3 Å². The molecule has 2 aromatic heterocycles. The van der Waals surface area contributed by atoms with Gasteiger partial charge in [-0.2, -0.15) is 0 Å². The Labute approximate surface area is 163 Å². The molecule has 0 radical (unpaired) electrons. The first-order valence-corrected chi connectivity index (χ1v) is 9.82. The van der Waals surface area contributed by atoms with Gasteiger partial charge in [0, 0.05) is 23.4 Å². The highest BCUT2D eigenvalue weighted by Crippen LogP contribution is 2.18. The molecule has 3 rings (SSSR count). The molecule has 0 saturated carbocycles. The van der Waals surface area contributed by atoms with E-state index in [9.17, 15) is 4.79 Å².